The normalized spacial score (nSPS) is 13.6. The molecule has 2 atom stereocenters. The van der Waals surface area contributed by atoms with Crippen LogP contribution in [-0.4, -0.2) is 44.0 Å². The van der Waals surface area contributed by atoms with Crippen molar-refractivity contribution in [1.82, 2.24) is 4.98 Å². The lowest BCUT2D eigenvalue weighted by Gasteiger charge is -2.21. The van der Waals surface area contributed by atoms with E-state index in [1.165, 1.54) is 6.42 Å². The van der Waals surface area contributed by atoms with Gasteiger partial charge in [-0.2, -0.15) is 0 Å². The topological polar surface area (TPSA) is 131 Å². The summed E-state index contributed by atoms with van der Waals surface area (Å²) in [4.78, 5) is 24.5. The second kappa shape index (κ2) is 10.1. The SMILES string of the molecule is CCCCCCCCC(CO)C(O)c1cc(C(=O)O)[nH]c1C(=O)O. The standard InChI is InChI=1S/C17H27NO6/c1-2-3-4-5-6-7-8-11(10-19)15(20)12-9-13(16(21)22)18-14(12)17(23)24/h9,11,15,18-20H,2-8,10H2,1H3,(H,21,22)(H,23,24). The van der Waals surface area contributed by atoms with Gasteiger partial charge >= 0.3 is 11.9 Å². The number of carbonyl (C=O) groups is 2. The molecule has 0 amide bonds. The van der Waals surface area contributed by atoms with Crippen molar-refractivity contribution in [2.75, 3.05) is 6.61 Å². The van der Waals surface area contributed by atoms with Crippen LogP contribution in [0.3, 0.4) is 0 Å². The number of hydrogen-bond donors (Lipinski definition) is 5. The predicted octanol–water partition coefficient (Wildman–Crippen LogP) is 2.80. The molecule has 1 aromatic heterocycles. The highest BCUT2D eigenvalue weighted by Gasteiger charge is 2.28. The minimum atomic E-state index is -1.34. The lowest BCUT2D eigenvalue weighted by atomic mass is 9.91. The number of carboxylic acid groups (broad SMARTS) is 2. The molecule has 136 valence electrons. The summed E-state index contributed by atoms with van der Waals surface area (Å²) in [5.41, 5.74) is -0.635. The molecule has 0 aliphatic rings. The Morgan fingerprint density at radius 2 is 1.71 bits per heavy atom. The van der Waals surface area contributed by atoms with Crippen LogP contribution < -0.4 is 0 Å². The van der Waals surface area contributed by atoms with Gasteiger partial charge in [-0.05, 0) is 12.5 Å². The second-order valence-electron chi connectivity index (χ2n) is 6.07. The van der Waals surface area contributed by atoms with E-state index in [2.05, 4.69) is 11.9 Å². The number of hydrogen-bond acceptors (Lipinski definition) is 4. The van der Waals surface area contributed by atoms with Crippen LogP contribution in [-0.2, 0) is 0 Å². The fourth-order valence-corrected chi connectivity index (χ4v) is 2.79. The van der Waals surface area contributed by atoms with Crippen LogP contribution in [0.4, 0.5) is 0 Å². The van der Waals surface area contributed by atoms with Gasteiger partial charge in [-0.25, -0.2) is 9.59 Å². The van der Waals surface area contributed by atoms with Crippen LogP contribution in [0.5, 0.6) is 0 Å². The van der Waals surface area contributed by atoms with Gasteiger partial charge in [0.15, 0.2) is 0 Å². The number of rotatable bonds is 12. The Balaban J connectivity index is 2.72. The lowest BCUT2D eigenvalue weighted by Crippen LogP contribution is -2.18. The van der Waals surface area contributed by atoms with Crippen LogP contribution in [0.2, 0.25) is 0 Å². The number of nitrogens with one attached hydrogen (secondary N) is 1. The summed E-state index contributed by atoms with van der Waals surface area (Å²) in [7, 11) is 0. The Bertz CT molecular complexity index is 539. The molecule has 2 unspecified atom stereocenters. The maximum Gasteiger partial charge on any atom is 0.352 e. The van der Waals surface area contributed by atoms with E-state index in [1.54, 1.807) is 0 Å². The van der Waals surface area contributed by atoms with Crippen molar-refractivity contribution in [3.8, 4) is 0 Å². The first-order valence-electron chi connectivity index (χ1n) is 8.40. The Labute approximate surface area is 141 Å². The molecule has 0 aliphatic heterocycles. The van der Waals surface area contributed by atoms with Gasteiger partial charge in [0.05, 0.1) is 6.10 Å². The molecule has 5 N–H and O–H groups in total. The Kier molecular flexibility index (Phi) is 8.49. The van der Waals surface area contributed by atoms with Crippen LogP contribution >= 0.6 is 0 Å². The van der Waals surface area contributed by atoms with E-state index in [0.717, 1.165) is 38.2 Å². The van der Waals surface area contributed by atoms with Gasteiger partial charge in [0.2, 0.25) is 0 Å². The molecule has 0 aromatic carbocycles. The fraction of sp³-hybridized carbons (Fsp3) is 0.647. The van der Waals surface area contributed by atoms with E-state index >= 15 is 0 Å². The molecule has 1 heterocycles. The van der Waals surface area contributed by atoms with Gasteiger partial charge in [-0.15, -0.1) is 0 Å². The molecule has 1 aromatic rings. The van der Waals surface area contributed by atoms with Crippen molar-refractivity contribution < 1.29 is 30.0 Å². The van der Waals surface area contributed by atoms with Crippen LogP contribution in [0.15, 0.2) is 6.07 Å². The number of unbranched alkanes of at least 4 members (excludes halogenated alkanes) is 5. The zero-order valence-electron chi connectivity index (χ0n) is 14.0. The highest BCUT2D eigenvalue weighted by Crippen LogP contribution is 2.29. The minimum absolute atomic E-state index is 0.00457. The van der Waals surface area contributed by atoms with Gasteiger partial charge in [0.25, 0.3) is 0 Å². The third-order valence-corrected chi connectivity index (χ3v) is 4.22. The van der Waals surface area contributed by atoms with Gasteiger partial charge < -0.3 is 25.4 Å². The number of aromatic nitrogens is 1. The van der Waals surface area contributed by atoms with E-state index in [0.29, 0.717) is 6.42 Å². The van der Waals surface area contributed by atoms with Crippen LogP contribution in [0.25, 0.3) is 0 Å². The summed E-state index contributed by atoms with van der Waals surface area (Å²) in [5.74, 6) is -3.16. The molecular weight excluding hydrogens is 314 g/mol. The Hall–Kier alpha value is -1.86. The van der Waals surface area contributed by atoms with Crippen molar-refractivity contribution >= 4 is 11.9 Å². The number of aliphatic hydroxyl groups is 2. The molecule has 7 nitrogen and oxygen atoms in total. The molecular formula is C17H27NO6. The number of aromatic amines is 1. The maximum absolute atomic E-state index is 11.2. The Morgan fingerprint density at radius 3 is 2.25 bits per heavy atom. The molecule has 0 radical (unpaired) electrons. The number of aromatic carboxylic acids is 2. The first kappa shape index (κ1) is 20.2. The molecule has 0 fully saturated rings. The third-order valence-electron chi connectivity index (χ3n) is 4.22. The minimum Gasteiger partial charge on any atom is -0.477 e. The van der Waals surface area contributed by atoms with Crippen molar-refractivity contribution in [1.29, 1.82) is 0 Å². The first-order chi connectivity index (χ1) is 11.4. The molecule has 0 saturated heterocycles. The van der Waals surface area contributed by atoms with Crippen molar-refractivity contribution in [3.05, 3.63) is 23.0 Å². The summed E-state index contributed by atoms with van der Waals surface area (Å²) in [5, 5.41) is 38.1. The van der Waals surface area contributed by atoms with E-state index in [1.807, 2.05) is 0 Å². The van der Waals surface area contributed by atoms with E-state index < -0.39 is 24.0 Å². The fourth-order valence-electron chi connectivity index (χ4n) is 2.79. The van der Waals surface area contributed by atoms with Gasteiger partial charge in [-0.3, -0.25) is 0 Å². The van der Waals surface area contributed by atoms with E-state index in [-0.39, 0.29) is 23.6 Å². The molecule has 0 bridgehead atoms. The van der Waals surface area contributed by atoms with Gasteiger partial charge in [-0.1, -0.05) is 45.4 Å². The predicted molar refractivity (Wildman–Crippen MR) is 88.2 cm³/mol. The molecule has 1 rings (SSSR count). The zero-order chi connectivity index (χ0) is 18.1. The first-order valence-corrected chi connectivity index (χ1v) is 8.40. The highest BCUT2D eigenvalue weighted by molar-refractivity contribution is 5.92. The lowest BCUT2D eigenvalue weighted by molar-refractivity contribution is 0.0553. The zero-order valence-corrected chi connectivity index (χ0v) is 14.0. The maximum atomic E-state index is 11.2. The van der Waals surface area contributed by atoms with E-state index in [4.69, 9.17) is 10.2 Å². The average Bonchev–Trinajstić information content (AvgIpc) is 2.99. The quantitative estimate of drug-likeness (QED) is 0.372. The number of H-pyrrole nitrogens is 1. The van der Waals surface area contributed by atoms with Gasteiger partial charge in [0.1, 0.15) is 11.4 Å². The molecule has 0 spiro atoms. The van der Waals surface area contributed by atoms with Crippen LogP contribution in [0.1, 0.15) is 84.5 Å². The van der Waals surface area contributed by atoms with Gasteiger partial charge in [0, 0.05) is 18.1 Å². The number of carboxylic acids is 2. The number of aliphatic hydroxyl groups excluding tert-OH is 2. The van der Waals surface area contributed by atoms with Crippen molar-refractivity contribution in [2.45, 2.75) is 58.0 Å². The summed E-state index contributed by atoms with van der Waals surface area (Å²) in [6.45, 7) is 1.85. The Morgan fingerprint density at radius 1 is 1.08 bits per heavy atom. The monoisotopic (exact) mass is 341 g/mol. The van der Waals surface area contributed by atoms with Crippen LogP contribution in [0, 0.1) is 5.92 Å². The summed E-state index contributed by atoms with van der Waals surface area (Å²) in [6, 6.07) is 1.13. The average molecular weight is 341 g/mol. The molecule has 0 aliphatic carbocycles. The summed E-state index contributed by atoms with van der Waals surface area (Å²) >= 11 is 0. The molecule has 0 saturated carbocycles. The van der Waals surface area contributed by atoms with E-state index in [9.17, 15) is 19.8 Å². The highest BCUT2D eigenvalue weighted by atomic mass is 16.4. The molecule has 7 heteroatoms. The summed E-state index contributed by atoms with van der Waals surface area (Å²) < 4.78 is 0. The largest absolute Gasteiger partial charge is 0.477 e. The third kappa shape index (κ3) is 5.65. The smallest absolute Gasteiger partial charge is 0.352 e. The molecule has 24 heavy (non-hydrogen) atoms. The van der Waals surface area contributed by atoms with Crippen molar-refractivity contribution in [3.63, 3.8) is 0 Å². The summed E-state index contributed by atoms with van der Waals surface area (Å²) in [6.07, 6.45) is 5.75. The second-order valence-corrected chi connectivity index (χ2v) is 6.07. The van der Waals surface area contributed by atoms with Crippen molar-refractivity contribution in [2.24, 2.45) is 5.92 Å².